The summed E-state index contributed by atoms with van der Waals surface area (Å²) in [6.45, 7) is 0. The lowest BCUT2D eigenvalue weighted by atomic mass is 10.3. The summed E-state index contributed by atoms with van der Waals surface area (Å²) in [6, 6.07) is 11.6. The zero-order valence-corrected chi connectivity index (χ0v) is 10.4. The quantitative estimate of drug-likeness (QED) is 0.783. The number of carbonyl (C=O) groups is 1. The summed E-state index contributed by atoms with van der Waals surface area (Å²) in [5, 5.41) is 1.97. The third-order valence-corrected chi connectivity index (χ3v) is 3.49. The second-order valence-corrected chi connectivity index (χ2v) is 4.93. The van der Waals surface area contributed by atoms with Gasteiger partial charge in [-0.3, -0.25) is 10.2 Å². The second kappa shape index (κ2) is 4.62. The number of hydrogen-bond donors (Lipinski definition) is 1. The fourth-order valence-corrected chi connectivity index (χ4v) is 2.50. The van der Waals surface area contributed by atoms with Crippen LogP contribution in [0.2, 0.25) is 0 Å². The first kappa shape index (κ1) is 11.0. The van der Waals surface area contributed by atoms with E-state index in [1.807, 2.05) is 41.8 Å². The number of nitrogens with zero attached hydrogens (tertiary/aromatic N) is 2. The topological polar surface area (TPSA) is 46.9 Å². The van der Waals surface area contributed by atoms with E-state index < -0.39 is 0 Å². The Kier molecular flexibility index (Phi) is 2.82. The minimum Gasteiger partial charge on any atom is -0.273 e. The standard InChI is InChI=1S/C13H11N3OS/c17-13(8-10-4-3-7-18-10)15-16-9-14-11-5-1-2-6-12(11)16/h1-7,9H,8H2,(H,15,17). The third-order valence-electron chi connectivity index (χ3n) is 2.61. The molecule has 1 N–H and O–H groups in total. The average molecular weight is 257 g/mol. The molecule has 0 atom stereocenters. The third kappa shape index (κ3) is 2.12. The molecule has 0 fully saturated rings. The molecular formula is C13H11N3OS. The molecule has 0 spiro atoms. The fourth-order valence-electron chi connectivity index (χ4n) is 1.79. The molecule has 0 bridgehead atoms. The Morgan fingerprint density at radius 3 is 3.00 bits per heavy atom. The largest absolute Gasteiger partial charge is 0.273 e. The van der Waals surface area contributed by atoms with Crippen LogP contribution in [0.5, 0.6) is 0 Å². The average Bonchev–Trinajstić information content (AvgIpc) is 3.00. The van der Waals surface area contributed by atoms with Crippen LogP contribution in [0.4, 0.5) is 0 Å². The molecule has 1 aromatic carbocycles. The summed E-state index contributed by atoms with van der Waals surface area (Å²) < 4.78 is 1.66. The maximum Gasteiger partial charge on any atom is 0.244 e. The van der Waals surface area contributed by atoms with Gasteiger partial charge in [0.1, 0.15) is 6.33 Å². The Morgan fingerprint density at radius 2 is 2.17 bits per heavy atom. The summed E-state index contributed by atoms with van der Waals surface area (Å²) in [4.78, 5) is 17.1. The van der Waals surface area contributed by atoms with Crippen LogP contribution in [-0.2, 0) is 11.2 Å². The predicted molar refractivity (Wildman–Crippen MR) is 72.1 cm³/mol. The van der Waals surface area contributed by atoms with Crippen molar-refractivity contribution in [2.75, 3.05) is 5.43 Å². The number of fused-ring (bicyclic) bond motifs is 1. The van der Waals surface area contributed by atoms with Crippen molar-refractivity contribution in [1.82, 2.24) is 9.66 Å². The maximum atomic E-state index is 11.9. The van der Waals surface area contributed by atoms with Crippen LogP contribution < -0.4 is 5.43 Å². The molecule has 0 radical (unpaired) electrons. The minimum absolute atomic E-state index is 0.0411. The highest BCUT2D eigenvalue weighted by Gasteiger charge is 2.07. The van der Waals surface area contributed by atoms with Crippen LogP contribution in [-0.4, -0.2) is 15.6 Å². The van der Waals surface area contributed by atoms with E-state index in [4.69, 9.17) is 0 Å². The first-order chi connectivity index (χ1) is 8.83. The Bertz CT molecular complexity index is 672. The molecule has 0 unspecified atom stereocenters. The molecule has 0 saturated heterocycles. The number of benzene rings is 1. The van der Waals surface area contributed by atoms with Gasteiger partial charge in [0.25, 0.3) is 0 Å². The van der Waals surface area contributed by atoms with Gasteiger partial charge in [-0.25, -0.2) is 9.66 Å². The molecule has 18 heavy (non-hydrogen) atoms. The molecule has 2 aromatic heterocycles. The Hall–Kier alpha value is -2.14. The van der Waals surface area contributed by atoms with Gasteiger partial charge in [0, 0.05) is 4.88 Å². The highest BCUT2D eigenvalue weighted by molar-refractivity contribution is 7.10. The molecule has 90 valence electrons. The maximum absolute atomic E-state index is 11.9. The molecule has 2 heterocycles. The first-order valence-corrected chi connectivity index (χ1v) is 6.45. The Morgan fingerprint density at radius 1 is 1.28 bits per heavy atom. The van der Waals surface area contributed by atoms with Gasteiger partial charge < -0.3 is 0 Å². The molecule has 0 saturated carbocycles. The van der Waals surface area contributed by atoms with Gasteiger partial charge in [0.05, 0.1) is 17.5 Å². The van der Waals surface area contributed by atoms with Gasteiger partial charge in [0.2, 0.25) is 5.91 Å². The van der Waals surface area contributed by atoms with Gasteiger partial charge >= 0.3 is 0 Å². The number of hydrogen-bond acceptors (Lipinski definition) is 3. The number of aromatic nitrogens is 2. The van der Waals surface area contributed by atoms with Gasteiger partial charge in [0.15, 0.2) is 0 Å². The first-order valence-electron chi connectivity index (χ1n) is 5.57. The van der Waals surface area contributed by atoms with E-state index in [9.17, 15) is 4.79 Å². The summed E-state index contributed by atoms with van der Waals surface area (Å²) in [7, 11) is 0. The zero-order chi connectivity index (χ0) is 12.4. The smallest absolute Gasteiger partial charge is 0.244 e. The Labute approximate surface area is 108 Å². The van der Waals surface area contributed by atoms with E-state index in [0.29, 0.717) is 6.42 Å². The van der Waals surface area contributed by atoms with E-state index in [-0.39, 0.29) is 5.91 Å². The minimum atomic E-state index is -0.0411. The number of thiophene rings is 1. The molecule has 3 aromatic rings. The Balaban J connectivity index is 1.78. The van der Waals surface area contributed by atoms with E-state index in [1.165, 1.54) is 0 Å². The summed E-state index contributed by atoms with van der Waals surface area (Å²) in [5.74, 6) is -0.0411. The lowest BCUT2D eigenvalue weighted by Crippen LogP contribution is -2.23. The van der Waals surface area contributed by atoms with E-state index in [1.54, 1.807) is 22.3 Å². The molecule has 4 nitrogen and oxygen atoms in total. The van der Waals surface area contributed by atoms with Crippen molar-refractivity contribution in [3.8, 4) is 0 Å². The van der Waals surface area contributed by atoms with Crippen molar-refractivity contribution in [2.24, 2.45) is 0 Å². The van der Waals surface area contributed by atoms with Gasteiger partial charge in [-0.15, -0.1) is 11.3 Å². The normalized spacial score (nSPS) is 10.7. The zero-order valence-electron chi connectivity index (χ0n) is 9.54. The van der Waals surface area contributed by atoms with Crippen LogP contribution in [0.3, 0.4) is 0 Å². The SMILES string of the molecule is O=C(Cc1cccs1)Nn1cnc2ccccc21. The van der Waals surface area contributed by atoms with Crippen LogP contribution in [0.25, 0.3) is 11.0 Å². The van der Waals surface area contributed by atoms with Gasteiger partial charge in [-0.1, -0.05) is 18.2 Å². The number of rotatable bonds is 3. The summed E-state index contributed by atoms with van der Waals surface area (Å²) >= 11 is 1.58. The fraction of sp³-hybridized carbons (Fsp3) is 0.0769. The van der Waals surface area contributed by atoms with Crippen molar-refractivity contribution in [2.45, 2.75) is 6.42 Å². The number of para-hydroxylation sites is 2. The molecule has 0 aliphatic heterocycles. The van der Waals surface area contributed by atoms with Crippen LogP contribution >= 0.6 is 11.3 Å². The molecule has 3 rings (SSSR count). The van der Waals surface area contributed by atoms with Gasteiger partial charge in [-0.2, -0.15) is 0 Å². The van der Waals surface area contributed by atoms with Crippen molar-refractivity contribution in [1.29, 1.82) is 0 Å². The molecule has 0 aliphatic carbocycles. The van der Waals surface area contributed by atoms with Crippen LogP contribution in [0.15, 0.2) is 48.1 Å². The molecule has 1 amide bonds. The van der Waals surface area contributed by atoms with Crippen molar-refractivity contribution < 1.29 is 4.79 Å². The lowest BCUT2D eigenvalue weighted by Gasteiger charge is -2.05. The number of carbonyl (C=O) groups excluding carboxylic acids is 1. The summed E-state index contributed by atoms with van der Waals surface area (Å²) in [5.41, 5.74) is 4.59. The van der Waals surface area contributed by atoms with E-state index >= 15 is 0 Å². The van der Waals surface area contributed by atoms with E-state index in [0.717, 1.165) is 15.9 Å². The number of imidazole rings is 1. The van der Waals surface area contributed by atoms with Crippen molar-refractivity contribution in [3.05, 3.63) is 53.0 Å². The molecule has 5 heteroatoms. The lowest BCUT2D eigenvalue weighted by molar-refractivity contribution is -0.116. The second-order valence-electron chi connectivity index (χ2n) is 3.89. The van der Waals surface area contributed by atoms with Crippen molar-refractivity contribution >= 4 is 28.3 Å². The van der Waals surface area contributed by atoms with Crippen molar-refractivity contribution in [3.63, 3.8) is 0 Å². The molecule has 0 aliphatic rings. The highest BCUT2D eigenvalue weighted by atomic mass is 32.1. The molecular weight excluding hydrogens is 246 g/mol. The van der Waals surface area contributed by atoms with Crippen LogP contribution in [0, 0.1) is 0 Å². The summed E-state index contributed by atoms with van der Waals surface area (Å²) in [6.07, 6.45) is 2.02. The highest BCUT2D eigenvalue weighted by Crippen LogP contribution is 2.11. The van der Waals surface area contributed by atoms with Crippen LogP contribution in [0.1, 0.15) is 4.88 Å². The van der Waals surface area contributed by atoms with Gasteiger partial charge in [-0.05, 0) is 23.6 Å². The predicted octanol–water partition coefficient (Wildman–Crippen LogP) is 2.41. The monoisotopic (exact) mass is 257 g/mol. The van der Waals surface area contributed by atoms with E-state index in [2.05, 4.69) is 10.4 Å². The number of amides is 1. The number of nitrogens with one attached hydrogen (secondary N) is 1.